The van der Waals surface area contributed by atoms with Gasteiger partial charge in [0.05, 0.1) is 6.67 Å². The maximum atomic E-state index is 11.8. The predicted octanol–water partition coefficient (Wildman–Crippen LogP) is 0.552. The second-order valence-electron chi connectivity index (χ2n) is 4.27. The number of phenols is 2. The van der Waals surface area contributed by atoms with Gasteiger partial charge in [-0.25, -0.2) is 0 Å². The lowest BCUT2D eigenvalue weighted by molar-refractivity contribution is 0.0947. The fourth-order valence-corrected chi connectivity index (χ4v) is 1.87. The molecule has 1 heterocycles. The fraction of sp³-hybridized carbons (Fsp3) is 0.308. The molecule has 0 aliphatic carbocycles. The maximum absolute atomic E-state index is 11.8. The van der Waals surface area contributed by atoms with E-state index in [1.54, 1.807) is 0 Å². The van der Waals surface area contributed by atoms with Crippen LogP contribution in [0.2, 0.25) is 0 Å². The van der Waals surface area contributed by atoms with Crippen molar-refractivity contribution in [3.63, 3.8) is 0 Å². The van der Waals surface area contributed by atoms with Gasteiger partial charge in [-0.05, 0) is 18.6 Å². The lowest BCUT2D eigenvalue weighted by Crippen LogP contribution is -2.28. The molecule has 0 radical (unpaired) electrons. The first-order valence-corrected chi connectivity index (χ1v) is 6.12. The van der Waals surface area contributed by atoms with Gasteiger partial charge in [-0.3, -0.25) is 4.79 Å². The van der Waals surface area contributed by atoms with Crippen molar-refractivity contribution in [3.05, 3.63) is 36.2 Å². The normalized spacial score (nSPS) is 13.4. The summed E-state index contributed by atoms with van der Waals surface area (Å²) in [7, 11) is 0. The van der Waals surface area contributed by atoms with Crippen LogP contribution in [0, 0.1) is 0 Å². The second kappa shape index (κ2) is 5.99. The van der Waals surface area contributed by atoms with Crippen LogP contribution in [0.15, 0.2) is 30.6 Å². The first-order valence-electron chi connectivity index (χ1n) is 6.12. The van der Waals surface area contributed by atoms with Gasteiger partial charge in [-0.2, -0.15) is 0 Å². The van der Waals surface area contributed by atoms with E-state index in [4.69, 9.17) is 0 Å². The minimum Gasteiger partial charge on any atom is -0.507 e. The summed E-state index contributed by atoms with van der Waals surface area (Å²) in [6.45, 7) is 2.10. The molecule has 6 nitrogen and oxygen atoms in total. The Morgan fingerprint density at radius 3 is 2.74 bits per heavy atom. The van der Waals surface area contributed by atoms with E-state index in [2.05, 4.69) is 15.5 Å². The first kappa shape index (κ1) is 13.1. The summed E-state index contributed by atoms with van der Waals surface area (Å²) in [5, 5.41) is 24.8. The SMILES string of the molecule is O=C(NCCCN1C=CNC1)c1c(O)cccc1O. The number of carbonyl (C=O) groups excluding carboxylic acids is 1. The van der Waals surface area contributed by atoms with Crippen LogP contribution in [0.1, 0.15) is 16.8 Å². The van der Waals surface area contributed by atoms with Crippen LogP contribution in [0.25, 0.3) is 0 Å². The number of hydrogen-bond donors (Lipinski definition) is 4. The summed E-state index contributed by atoms with van der Waals surface area (Å²) in [4.78, 5) is 13.9. The molecule has 0 bridgehead atoms. The molecular weight excluding hydrogens is 246 g/mol. The number of aromatic hydroxyl groups is 2. The molecule has 19 heavy (non-hydrogen) atoms. The molecule has 2 rings (SSSR count). The second-order valence-corrected chi connectivity index (χ2v) is 4.27. The van der Waals surface area contributed by atoms with Gasteiger partial charge in [-0.1, -0.05) is 6.07 Å². The highest BCUT2D eigenvalue weighted by Crippen LogP contribution is 2.25. The zero-order chi connectivity index (χ0) is 13.7. The monoisotopic (exact) mass is 263 g/mol. The standard InChI is InChI=1S/C13H17N3O3/c17-10-3-1-4-11(18)12(10)13(19)15-5-2-7-16-8-6-14-9-16/h1,3-4,6,8,14,17-18H,2,5,7,9H2,(H,15,19). The van der Waals surface area contributed by atoms with Crippen LogP contribution >= 0.6 is 0 Å². The molecule has 0 saturated carbocycles. The third-order valence-electron chi connectivity index (χ3n) is 2.85. The van der Waals surface area contributed by atoms with Crippen molar-refractivity contribution in [2.75, 3.05) is 19.8 Å². The number of benzene rings is 1. The van der Waals surface area contributed by atoms with E-state index in [0.717, 1.165) is 19.6 Å². The molecule has 0 aromatic heterocycles. The van der Waals surface area contributed by atoms with Crippen LogP contribution in [-0.2, 0) is 0 Å². The van der Waals surface area contributed by atoms with E-state index < -0.39 is 5.91 Å². The highest BCUT2D eigenvalue weighted by Gasteiger charge is 2.15. The van der Waals surface area contributed by atoms with Crippen molar-refractivity contribution >= 4 is 5.91 Å². The Bertz CT molecular complexity index is 468. The Morgan fingerprint density at radius 2 is 2.11 bits per heavy atom. The van der Waals surface area contributed by atoms with Crippen LogP contribution < -0.4 is 10.6 Å². The van der Waals surface area contributed by atoms with Crippen LogP contribution in [-0.4, -0.2) is 40.8 Å². The van der Waals surface area contributed by atoms with E-state index >= 15 is 0 Å². The largest absolute Gasteiger partial charge is 0.507 e. The lowest BCUT2D eigenvalue weighted by Gasteiger charge is -2.14. The van der Waals surface area contributed by atoms with Crippen LogP contribution in [0.3, 0.4) is 0 Å². The van der Waals surface area contributed by atoms with E-state index in [1.807, 2.05) is 12.4 Å². The maximum Gasteiger partial charge on any atom is 0.258 e. The minimum atomic E-state index is -0.467. The molecule has 1 aromatic carbocycles. The molecule has 0 saturated heterocycles. The van der Waals surface area contributed by atoms with E-state index in [0.29, 0.717) is 6.54 Å². The molecule has 0 fully saturated rings. The van der Waals surface area contributed by atoms with Gasteiger partial charge in [0.2, 0.25) is 0 Å². The van der Waals surface area contributed by atoms with Gasteiger partial charge < -0.3 is 25.7 Å². The number of nitrogens with one attached hydrogen (secondary N) is 2. The van der Waals surface area contributed by atoms with Gasteiger partial charge in [-0.15, -0.1) is 0 Å². The van der Waals surface area contributed by atoms with Crippen LogP contribution in [0.4, 0.5) is 0 Å². The Labute approximate surface area is 111 Å². The third-order valence-corrected chi connectivity index (χ3v) is 2.85. The number of amides is 1. The third kappa shape index (κ3) is 3.31. The van der Waals surface area contributed by atoms with Gasteiger partial charge in [0, 0.05) is 25.5 Å². The van der Waals surface area contributed by atoms with E-state index in [1.165, 1.54) is 18.2 Å². The molecule has 1 aliphatic rings. The van der Waals surface area contributed by atoms with Crippen molar-refractivity contribution in [3.8, 4) is 11.5 Å². The fourth-order valence-electron chi connectivity index (χ4n) is 1.87. The first-order chi connectivity index (χ1) is 9.18. The summed E-state index contributed by atoms with van der Waals surface area (Å²) in [6, 6.07) is 4.22. The molecule has 0 unspecified atom stereocenters. The average molecular weight is 263 g/mol. The number of hydrogen-bond acceptors (Lipinski definition) is 5. The highest BCUT2D eigenvalue weighted by atomic mass is 16.3. The Kier molecular flexibility index (Phi) is 4.12. The van der Waals surface area contributed by atoms with Gasteiger partial charge in [0.15, 0.2) is 0 Å². The van der Waals surface area contributed by atoms with Crippen molar-refractivity contribution in [1.29, 1.82) is 0 Å². The molecule has 102 valence electrons. The molecule has 0 atom stereocenters. The van der Waals surface area contributed by atoms with Gasteiger partial charge >= 0.3 is 0 Å². The summed E-state index contributed by atoms with van der Waals surface area (Å²) in [5.41, 5.74) is -0.0785. The highest BCUT2D eigenvalue weighted by molar-refractivity contribution is 5.99. The number of carbonyl (C=O) groups is 1. The molecular formula is C13H17N3O3. The summed E-state index contributed by atoms with van der Waals surface area (Å²) in [6.07, 6.45) is 4.61. The van der Waals surface area contributed by atoms with E-state index in [9.17, 15) is 15.0 Å². The zero-order valence-electron chi connectivity index (χ0n) is 10.5. The minimum absolute atomic E-state index is 0.0785. The molecule has 6 heteroatoms. The van der Waals surface area contributed by atoms with Crippen molar-refractivity contribution in [1.82, 2.24) is 15.5 Å². The number of phenolic OH excluding ortho intramolecular Hbond substituents is 2. The molecule has 1 amide bonds. The van der Waals surface area contributed by atoms with Crippen molar-refractivity contribution in [2.24, 2.45) is 0 Å². The molecule has 4 N–H and O–H groups in total. The molecule has 1 aliphatic heterocycles. The summed E-state index contributed by atoms with van der Waals surface area (Å²) < 4.78 is 0. The summed E-state index contributed by atoms with van der Waals surface area (Å²) >= 11 is 0. The van der Waals surface area contributed by atoms with Gasteiger partial charge in [0.1, 0.15) is 17.1 Å². The lowest BCUT2D eigenvalue weighted by atomic mass is 10.1. The van der Waals surface area contributed by atoms with Crippen LogP contribution in [0.5, 0.6) is 11.5 Å². The smallest absolute Gasteiger partial charge is 0.258 e. The Hall–Kier alpha value is -2.37. The predicted molar refractivity (Wildman–Crippen MR) is 70.6 cm³/mol. The molecule has 0 spiro atoms. The zero-order valence-corrected chi connectivity index (χ0v) is 10.5. The summed E-state index contributed by atoms with van der Waals surface area (Å²) in [5.74, 6) is -0.904. The molecule has 1 aromatic rings. The number of rotatable bonds is 5. The quantitative estimate of drug-likeness (QED) is 0.583. The number of nitrogens with zero attached hydrogens (tertiary/aromatic N) is 1. The topological polar surface area (TPSA) is 84.8 Å². The van der Waals surface area contributed by atoms with Crippen molar-refractivity contribution < 1.29 is 15.0 Å². The Morgan fingerprint density at radius 1 is 1.37 bits per heavy atom. The van der Waals surface area contributed by atoms with Gasteiger partial charge in [0.25, 0.3) is 5.91 Å². The van der Waals surface area contributed by atoms with E-state index in [-0.39, 0.29) is 17.1 Å². The Balaban J connectivity index is 1.79. The average Bonchev–Trinajstić information content (AvgIpc) is 2.87. The van der Waals surface area contributed by atoms with Crippen molar-refractivity contribution in [2.45, 2.75) is 6.42 Å².